The van der Waals surface area contributed by atoms with Gasteiger partial charge in [0.25, 0.3) is 0 Å². The van der Waals surface area contributed by atoms with Crippen molar-refractivity contribution in [1.82, 2.24) is 5.32 Å². The number of nitrogen functional groups attached to an aromatic ring is 1. The first kappa shape index (κ1) is 10.4. The molecule has 0 radical (unpaired) electrons. The second-order valence-corrected chi connectivity index (χ2v) is 3.03. The summed E-state index contributed by atoms with van der Waals surface area (Å²) in [5.74, 6) is -0.0101. The molecule has 1 rings (SSSR count). The molecule has 0 aliphatic heterocycles. The number of hydrogen-bond acceptors (Lipinski definition) is 3. The molecule has 0 saturated carbocycles. The molecule has 4 heteroatoms. The van der Waals surface area contributed by atoms with Gasteiger partial charge in [0.15, 0.2) is 0 Å². The second-order valence-electron chi connectivity index (χ2n) is 3.03. The van der Waals surface area contributed by atoms with E-state index in [1.165, 1.54) is 6.92 Å². The third-order valence-corrected chi connectivity index (χ3v) is 1.74. The van der Waals surface area contributed by atoms with Crippen LogP contribution in [-0.4, -0.2) is 19.0 Å². The highest BCUT2D eigenvalue weighted by Gasteiger charge is 1.92. The Bertz CT molecular complexity index is 295. The first-order valence-electron chi connectivity index (χ1n) is 4.52. The summed E-state index contributed by atoms with van der Waals surface area (Å²) in [5.41, 5.74) is 7.29. The normalized spacial score (nSPS) is 9.50. The quantitative estimate of drug-likeness (QED) is 0.490. The van der Waals surface area contributed by atoms with Crippen LogP contribution in [0, 0.1) is 0 Å². The van der Waals surface area contributed by atoms with Gasteiger partial charge in [-0.2, -0.15) is 0 Å². The first-order chi connectivity index (χ1) is 6.68. The molecule has 14 heavy (non-hydrogen) atoms. The molecule has 0 spiro atoms. The standard InChI is InChI=1S/C10H15N3O/c1-8(14)12-6-7-13-10-4-2-9(11)3-5-10/h2-5,13H,6-7,11H2,1H3,(H,12,14). The van der Waals surface area contributed by atoms with E-state index in [-0.39, 0.29) is 5.91 Å². The summed E-state index contributed by atoms with van der Waals surface area (Å²) in [5, 5.41) is 5.86. The number of amides is 1. The van der Waals surface area contributed by atoms with Gasteiger partial charge in [-0.05, 0) is 24.3 Å². The van der Waals surface area contributed by atoms with Crippen molar-refractivity contribution in [3.8, 4) is 0 Å². The molecule has 0 unspecified atom stereocenters. The molecule has 4 nitrogen and oxygen atoms in total. The van der Waals surface area contributed by atoms with Crippen molar-refractivity contribution in [3.05, 3.63) is 24.3 Å². The summed E-state index contributed by atoms with van der Waals surface area (Å²) >= 11 is 0. The van der Waals surface area contributed by atoms with Crippen molar-refractivity contribution in [2.75, 3.05) is 24.1 Å². The van der Waals surface area contributed by atoms with E-state index in [4.69, 9.17) is 5.73 Å². The number of carbonyl (C=O) groups is 1. The summed E-state index contributed by atoms with van der Waals surface area (Å²) in [6.07, 6.45) is 0. The van der Waals surface area contributed by atoms with Gasteiger partial charge in [0.1, 0.15) is 0 Å². The summed E-state index contributed by atoms with van der Waals surface area (Å²) in [7, 11) is 0. The fourth-order valence-corrected chi connectivity index (χ4v) is 1.05. The molecular weight excluding hydrogens is 178 g/mol. The van der Waals surface area contributed by atoms with Crippen molar-refractivity contribution >= 4 is 17.3 Å². The number of benzene rings is 1. The summed E-state index contributed by atoms with van der Waals surface area (Å²) < 4.78 is 0. The van der Waals surface area contributed by atoms with E-state index in [0.29, 0.717) is 13.1 Å². The van der Waals surface area contributed by atoms with Crippen molar-refractivity contribution in [2.24, 2.45) is 0 Å². The van der Waals surface area contributed by atoms with E-state index in [1.54, 1.807) is 0 Å². The Morgan fingerprint density at radius 2 is 1.93 bits per heavy atom. The smallest absolute Gasteiger partial charge is 0.216 e. The van der Waals surface area contributed by atoms with E-state index in [1.807, 2.05) is 24.3 Å². The molecule has 76 valence electrons. The molecule has 1 amide bonds. The number of rotatable bonds is 4. The Kier molecular flexibility index (Phi) is 3.79. The molecule has 0 fully saturated rings. The van der Waals surface area contributed by atoms with Crippen LogP contribution in [0.4, 0.5) is 11.4 Å². The van der Waals surface area contributed by atoms with Gasteiger partial charge in [-0.15, -0.1) is 0 Å². The van der Waals surface area contributed by atoms with Crippen LogP contribution in [0.5, 0.6) is 0 Å². The van der Waals surface area contributed by atoms with E-state index in [0.717, 1.165) is 11.4 Å². The molecule has 4 N–H and O–H groups in total. The maximum Gasteiger partial charge on any atom is 0.216 e. The Morgan fingerprint density at radius 3 is 2.50 bits per heavy atom. The average molecular weight is 193 g/mol. The fourth-order valence-electron chi connectivity index (χ4n) is 1.05. The van der Waals surface area contributed by atoms with Crippen LogP contribution in [0.1, 0.15) is 6.92 Å². The number of carbonyl (C=O) groups excluding carboxylic acids is 1. The molecule has 0 aromatic heterocycles. The molecule has 0 bridgehead atoms. The summed E-state index contributed by atoms with van der Waals surface area (Å²) in [6.45, 7) is 2.84. The average Bonchev–Trinajstić information content (AvgIpc) is 2.15. The van der Waals surface area contributed by atoms with Crippen molar-refractivity contribution in [3.63, 3.8) is 0 Å². The predicted octanol–water partition coefficient (Wildman–Crippen LogP) is 0.817. The lowest BCUT2D eigenvalue weighted by molar-refractivity contribution is -0.118. The minimum atomic E-state index is -0.0101. The molecule has 0 atom stereocenters. The minimum Gasteiger partial charge on any atom is -0.399 e. The van der Waals surface area contributed by atoms with E-state index < -0.39 is 0 Å². The number of anilines is 2. The number of nitrogens with one attached hydrogen (secondary N) is 2. The van der Waals surface area contributed by atoms with Crippen LogP contribution in [-0.2, 0) is 4.79 Å². The van der Waals surface area contributed by atoms with Crippen molar-refractivity contribution in [2.45, 2.75) is 6.92 Å². The van der Waals surface area contributed by atoms with E-state index in [2.05, 4.69) is 10.6 Å². The van der Waals surface area contributed by atoms with Crippen molar-refractivity contribution < 1.29 is 4.79 Å². The highest BCUT2D eigenvalue weighted by atomic mass is 16.1. The van der Waals surface area contributed by atoms with Gasteiger partial charge in [-0.25, -0.2) is 0 Å². The lowest BCUT2D eigenvalue weighted by atomic mass is 10.3. The molecule has 0 aliphatic carbocycles. The first-order valence-corrected chi connectivity index (χ1v) is 4.52. The summed E-state index contributed by atoms with van der Waals surface area (Å²) in [6, 6.07) is 7.48. The third kappa shape index (κ3) is 3.80. The van der Waals surface area contributed by atoms with Gasteiger partial charge >= 0.3 is 0 Å². The van der Waals surface area contributed by atoms with E-state index in [9.17, 15) is 4.79 Å². The Morgan fingerprint density at radius 1 is 1.29 bits per heavy atom. The highest BCUT2D eigenvalue weighted by Crippen LogP contribution is 2.09. The Hall–Kier alpha value is -1.71. The van der Waals surface area contributed by atoms with Gasteiger partial charge in [-0.3, -0.25) is 4.79 Å². The molecule has 0 heterocycles. The van der Waals surface area contributed by atoms with Crippen LogP contribution in [0.3, 0.4) is 0 Å². The van der Waals surface area contributed by atoms with Crippen LogP contribution in [0.15, 0.2) is 24.3 Å². The minimum absolute atomic E-state index is 0.0101. The molecule has 0 saturated heterocycles. The van der Waals surface area contributed by atoms with Gasteiger partial charge in [0.05, 0.1) is 0 Å². The zero-order valence-electron chi connectivity index (χ0n) is 8.21. The summed E-state index contributed by atoms with van der Waals surface area (Å²) in [4.78, 5) is 10.5. The third-order valence-electron chi connectivity index (χ3n) is 1.74. The van der Waals surface area contributed by atoms with Gasteiger partial charge < -0.3 is 16.4 Å². The molecular formula is C10H15N3O. The Labute approximate surface area is 83.5 Å². The van der Waals surface area contributed by atoms with Gasteiger partial charge in [0, 0.05) is 31.4 Å². The lowest BCUT2D eigenvalue weighted by Crippen LogP contribution is -2.26. The molecule has 1 aromatic carbocycles. The predicted molar refractivity (Wildman–Crippen MR) is 58.0 cm³/mol. The van der Waals surface area contributed by atoms with Crippen LogP contribution < -0.4 is 16.4 Å². The highest BCUT2D eigenvalue weighted by molar-refractivity contribution is 5.72. The van der Waals surface area contributed by atoms with E-state index >= 15 is 0 Å². The van der Waals surface area contributed by atoms with Crippen molar-refractivity contribution in [1.29, 1.82) is 0 Å². The van der Waals surface area contributed by atoms with Gasteiger partial charge in [-0.1, -0.05) is 0 Å². The van der Waals surface area contributed by atoms with Crippen LogP contribution >= 0.6 is 0 Å². The molecule has 0 aliphatic rings. The largest absolute Gasteiger partial charge is 0.399 e. The van der Waals surface area contributed by atoms with Crippen LogP contribution in [0.25, 0.3) is 0 Å². The number of hydrogen-bond donors (Lipinski definition) is 3. The van der Waals surface area contributed by atoms with Gasteiger partial charge in [0.2, 0.25) is 5.91 Å². The molecule has 1 aromatic rings. The monoisotopic (exact) mass is 193 g/mol. The SMILES string of the molecule is CC(=O)NCCNc1ccc(N)cc1. The second kappa shape index (κ2) is 5.11. The van der Waals surface area contributed by atoms with Crippen LogP contribution in [0.2, 0.25) is 0 Å². The maximum absolute atomic E-state index is 10.5. The number of nitrogens with two attached hydrogens (primary N) is 1. The maximum atomic E-state index is 10.5. The topological polar surface area (TPSA) is 67.2 Å². The Balaban J connectivity index is 2.25. The zero-order valence-corrected chi connectivity index (χ0v) is 8.21. The lowest BCUT2D eigenvalue weighted by Gasteiger charge is -2.06. The zero-order chi connectivity index (χ0) is 10.4. The fraction of sp³-hybridized carbons (Fsp3) is 0.300.